The molecule has 0 bridgehead atoms. The van der Waals surface area contributed by atoms with Crippen LogP contribution in [-0.4, -0.2) is 35.0 Å². The number of thioether (sulfide) groups is 1. The molecule has 1 aliphatic rings. The Morgan fingerprint density at radius 1 is 1.32 bits per heavy atom. The predicted molar refractivity (Wildman–Crippen MR) is 92.3 cm³/mol. The van der Waals surface area contributed by atoms with Gasteiger partial charge in [-0.25, -0.2) is 0 Å². The first-order valence-electron chi connectivity index (χ1n) is 7.38. The second-order valence-electron chi connectivity index (χ2n) is 5.50. The van der Waals surface area contributed by atoms with Crippen LogP contribution in [-0.2, 0) is 15.0 Å². The molecule has 1 aliphatic carbocycles. The molecular formula is C16H20BrNO3S. The lowest BCUT2D eigenvalue weighted by Gasteiger charge is -2.28. The monoisotopic (exact) mass is 385 g/mol. The molecule has 120 valence electrons. The lowest BCUT2D eigenvalue weighted by Crippen LogP contribution is -2.43. The molecule has 2 N–H and O–H groups in total. The Kier molecular flexibility index (Phi) is 6.32. The van der Waals surface area contributed by atoms with E-state index >= 15 is 0 Å². The van der Waals surface area contributed by atoms with Crippen LogP contribution < -0.4 is 5.32 Å². The number of aliphatic carboxylic acids is 1. The summed E-state index contributed by atoms with van der Waals surface area (Å²) in [5, 5.41) is 11.6. The van der Waals surface area contributed by atoms with Crippen molar-refractivity contribution in [3.8, 4) is 0 Å². The van der Waals surface area contributed by atoms with Crippen LogP contribution in [0.2, 0.25) is 0 Å². The van der Waals surface area contributed by atoms with Crippen LogP contribution in [0, 0.1) is 0 Å². The van der Waals surface area contributed by atoms with Crippen molar-refractivity contribution in [2.75, 3.05) is 18.1 Å². The van der Waals surface area contributed by atoms with Crippen LogP contribution in [0.25, 0.3) is 0 Å². The van der Waals surface area contributed by atoms with Crippen LogP contribution in [0.5, 0.6) is 0 Å². The standard InChI is InChI=1S/C16H20BrNO3S/c17-13-5-3-4-12(10-13)16(6-1-2-7-16)15(21)18-8-9-22-11-14(19)20/h3-5,10H,1-2,6-9,11H2,(H,18,21)(H,19,20). The van der Waals surface area contributed by atoms with Crippen molar-refractivity contribution >= 4 is 39.6 Å². The van der Waals surface area contributed by atoms with E-state index in [0.29, 0.717) is 12.3 Å². The van der Waals surface area contributed by atoms with E-state index in [0.717, 1.165) is 35.7 Å². The number of rotatable bonds is 7. The number of carboxylic acids is 1. The first-order chi connectivity index (χ1) is 10.5. The fraction of sp³-hybridized carbons (Fsp3) is 0.500. The van der Waals surface area contributed by atoms with Crippen molar-refractivity contribution in [3.63, 3.8) is 0 Å². The van der Waals surface area contributed by atoms with E-state index in [9.17, 15) is 9.59 Å². The summed E-state index contributed by atoms with van der Waals surface area (Å²) >= 11 is 4.80. The molecule has 0 unspecified atom stereocenters. The summed E-state index contributed by atoms with van der Waals surface area (Å²) in [6, 6.07) is 7.99. The van der Waals surface area contributed by atoms with Gasteiger partial charge < -0.3 is 10.4 Å². The van der Waals surface area contributed by atoms with Crippen LogP contribution in [0.3, 0.4) is 0 Å². The van der Waals surface area contributed by atoms with Crippen molar-refractivity contribution in [2.24, 2.45) is 0 Å². The van der Waals surface area contributed by atoms with Gasteiger partial charge in [-0.3, -0.25) is 9.59 Å². The zero-order valence-electron chi connectivity index (χ0n) is 12.3. The SMILES string of the molecule is O=C(O)CSCCNC(=O)C1(c2cccc(Br)c2)CCCC1. The van der Waals surface area contributed by atoms with Crippen molar-refractivity contribution in [1.82, 2.24) is 5.32 Å². The van der Waals surface area contributed by atoms with E-state index in [1.54, 1.807) is 0 Å². The second-order valence-corrected chi connectivity index (χ2v) is 7.52. The topological polar surface area (TPSA) is 66.4 Å². The van der Waals surface area contributed by atoms with E-state index in [4.69, 9.17) is 5.11 Å². The molecule has 2 rings (SSSR count). The second kappa shape index (κ2) is 8.02. The number of carboxylic acid groups (broad SMARTS) is 1. The lowest BCUT2D eigenvalue weighted by atomic mass is 9.78. The van der Waals surface area contributed by atoms with Gasteiger partial charge in [0.05, 0.1) is 11.2 Å². The fourth-order valence-corrected chi connectivity index (χ4v) is 3.94. The van der Waals surface area contributed by atoms with E-state index in [1.165, 1.54) is 11.8 Å². The third-order valence-corrected chi connectivity index (χ3v) is 5.46. The number of hydrogen-bond donors (Lipinski definition) is 2. The normalized spacial score (nSPS) is 16.4. The van der Waals surface area contributed by atoms with Gasteiger partial charge in [0.15, 0.2) is 0 Å². The molecule has 1 aromatic carbocycles. The van der Waals surface area contributed by atoms with Crippen molar-refractivity contribution in [1.29, 1.82) is 0 Å². The number of amides is 1. The van der Waals surface area contributed by atoms with Gasteiger partial charge in [0.1, 0.15) is 0 Å². The molecule has 6 heteroatoms. The minimum Gasteiger partial charge on any atom is -0.481 e. The molecule has 22 heavy (non-hydrogen) atoms. The van der Waals surface area contributed by atoms with E-state index in [2.05, 4.69) is 21.2 Å². The van der Waals surface area contributed by atoms with Crippen LogP contribution >= 0.6 is 27.7 Å². The first-order valence-corrected chi connectivity index (χ1v) is 9.33. The van der Waals surface area contributed by atoms with Gasteiger partial charge in [-0.05, 0) is 30.5 Å². The Labute approximate surface area is 143 Å². The maximum Gasteiger partial charge on any atom is 0.313 e. The summed E-state index contributed by atoms with van der Waals surface area (Å²) in [5.41, 5.74) is 0.636. The fourth-order valence-electron chi connectivity index (χ4n) is 2.98. The van der Waals surface area contributed by atoms with E-state index in [-0.39, 0.29) is 11.7 Å². The zero-order valence-corrected chi connectivity index (χ0v) is 14.7. The lowest BCUT2D eigenvalue weighted by molar-refractivity contribution is -0.134. The summed E-state index contributed by atoms with van der Waals surface area (Å²) in [6.07, 6.45) is 3.87. The van der Waals surface area contributed by atoms with Crippen LogP contribution in [0.4, 0.5) is 0 Å². The summed E-state index contributed by atoms with van der Waals surface area (Å²) in [7, 11) is 0. The summed E-state index contributed by atoms with van der Waals surface area (Å²) in [6.45, 7) is 0.506. The third-order valence-electron chi connectivity index (χ3n) is 4.03. The largest absolute Gasteiger partial charge is 0.481 e. The highest BCUT2D eigenvalue weighted by atomic mass is 79.9. The molecule has 0 aliphatic heterocycles. The number of halogens is 1. The number of hydrogen-bond acceptors (Lipinski definition) is 3. The smallest absolute Gasteiger partial charge is 0.313 e. The Morgan fingerprint density at radius 2 is 2.05 bits per heavy atom. The molecular weight excluding hydrogens is 366 g/mol. The molecule has 0 atom stereocenters. The maximum absolute atomic E-state index is 12.7. The number of benzene rings is 1. The quantitative estimate of drug-likeness (QED) is 0.707. The minimum absolute atomic E-state index is 0.0685. The average molecular weight is 386 g/mol. The molecule has 0 spiro atoms. The Bertz CT molecular complexity index is 544. The molecule has 1 fully saturated rings. The first kappa shape index (κ1) is 17.3. The Morgan fingerprint density at radius 3 is 2.68 bits per heavy atom. The number of carbonyl (C=O) groups excluding carboxylic acids is 1. The highest BCUT2D eigenvalue weighted by Gasteiger charge is 2.42. The molecule has 4 nitrogen and oxygen atoms in total. The molecule has 1 amide bonds. The summed E-state index contributed by atoms with van der Waals surface area (Å²) in [5.74, 6) is -0.0593. The molecule has 0 heterocycles. The van der Waals surface area contributed by atoms with Gasteiger partial charge in [-0.1, -0.05) is 40.9 Å². The van der Waals surface area contributed by atoms with Crippen LogP contribution in [0.15, 0.2) is 28.7 Å². The van der Waals surface area contributed by atoms with Gasteiger partial charge in [0, 0.05) is 16.8 Å². The molecule has 1 saturated carbocycles. The van der Waals surface area contributed by atoms with Gasteiger partial charge >= 0.3 is 5.97 Å². The maximum atomic E-state index is 12.7. The van der Waals surface area contributed by atoms with Gasteiger partial charge in [-0.15, -0.1) is 11.8 Å². The number of nitrogens with one attached hydrogen (secondary N) is 1. The van der Waals surface area contributed by atoms with E-state index < -0.39 is 11.4 Å². The van der Waals surface area contributed by atoms with Gasteiger partial charge in [0.25, 0.3) is 0 Å². The molecule has 0 radical (unpaired) electrons. The average Bonchev–Trinajstić information content (AvgIpc) is 2.97. The zero-order chi connectivity index (χ0) is 16.0. The van der Waals surface area contributed by atoms with Crippen molar-refractivity contribution in [2.45, 2.75) is 31.1 Å². The van der Waals surface area contributed by atoms with Gasteiger partial charge in [-0.2, -0.15) is 0 Å². The number of carbonyl (C=O) groups is 2. The highest BCUT2D eigenvalue weighted by molar-refractivity contribution is 9.10. The van der Waals surface area contributed by atoms with Crippen LogP contribution in [0.1, 0.15) is 31.2 Å². The Hall–Kier alpha value is -1.01. The van der Waals surface area contributed by atoms with Gasteiger partial charge in [0.2, 0.25) is 5.91 Å². The van der Waals surface area contributed by atoms with Crippen molar-refractivity contribution < 1.29 is 14.7 Å². The third kappa shape index (κ3) is 4.26. The molecule has 1 aromatic rings. The summed E-state index contributed by atoms with van der Waals surface area (Å²) < 4.78 is 0.987. The predicted octanol–water partition coefficient (Wildman–Crippen LogP) is 3.19. The molecule has 0 saturated heterocycles. The minimum atomic E-state index is -0.822. The summed E-state index contributed by atoms with van der Waals surface area (Å²) in [4.78, 5) is 23.2. The Balaban J connectivity index is 1.98. The highest BCUT2D eigenvalue weighted by Crippen LogP contribution is 2.42. The molecule has 0 aromatic heterocycles. The van der Waals surface area contributed by atoms with Crippen molar-refractivity contribution in [3.05, 3.63) is 34.3 Å². The van der Waals surface area contributed by atoms with E-state index in [1.807, 2.05) is 24.3 Å².